The molecule has 7 heteroatoms. The molecule has 1 aromatic heterocycles. The minimum Gasteiger partial charge on any atom is -0.464 e. The predicted octanol–water partition coefficient (Wildman–Crippen LogP) is 3.14. The lowest BCUT2D eigenvalue weighted by Gasteiger charge is -2.32. The third-order valence-electron chi connectivity index (χ3n) is 5.67. The maximum Gasteiger partial charge on any atom is 0.329 e. The van der Waals surface area contributed by atoms with E-state index in [4.69, 9.17) is 15.5 Å². The monoisotopic (exact) mass is 395 g/mol. The molecule has 3 rings (SSSR count). The smallest absolute Gasteiger partial charge is 0.329 e. The van der Waals surface area contributed by atoms with Gasteiger partial charge in [-0.05, 0) is 30.9 Å². The van der Waals surface area contributed by atoms with E-state index in [0.29, 0.717) is 29.6 Å². The summed E-state index contributed by atoms with van der Waals surface area (Å²) in [6, 6.07) is 9.76. The van der Waals surface area contributed by atoms with Crippen LogP contribution in [0.5, 0.6) is 0 Å². The summed E-state index contributed by atoms with van der Waals surface area (Å²) in [4.78, 5) is 24.3. The Morgan fingerprint density at radius 1 is 1.24 bits per heavy atom. The quantitative estimate of drug-likeness (QED) is 0.718. The molecule has 0 amide bonds. The molecule has 2 heterocycles. The third-order valence-corrected chi connectivity index (χ3v) is 5.67. The van der Waals surface area contributed by atoms with Crippen LogP contribution < -0.4 is 10.6 Å². The van der Waals surface area contributed by atoms with Gasteiger partial charge in [-0.3, -0.25) is 4.79 Å². The second kappa shape index (κ2) is 9.66. The topological polar surface area (TPSA) is 105 Å². The summed E-state index contributed by atoms with van der Waals surface area (Å²) in [6.07, 6.45) is 3.53. The van der Waals surface area contributed by atoms with Crippen LogP contribution >= 0.6 is 0 Å². The maximum absolute atomic E-state index is 12.8. The first-order valence-corrected chi connectivity index (χ1v) is 10.4. The van der Waals surface area contributed by atoms with Crippen molar-refractivity contribution in [1.82, 2.24) is 9.97 Å². The second-order valence-electron chi connectivity index (χ2n) is 7.62. The molecular weight excluding hydrogens is 366 g/mol. The molecule has 2 N–H and O–H groups in total. The first-order valence-electron chi connectivity index (χ1n) is 10.4. The molecule has 0 bridgehead atoms. The van der Waals surface area contributed by atoms with E-state index >= 15 is 0 Å². The molecule has 1 saturated heterocycles. The molecule has 1 unspecified atom stereocenters. The molecule has 0 radical (unpaired) electrons. The van der Waals surface area contributed by atoms with Gasteiger partial charge < -0.3 is 15.4 Å². The Hall–Kier alpha value is -2.72. The van der Waals surface area contributed by atoms with Crippen LogP contribution in [0.3, 0.4) is 0 Å². The average molecular weight is 396 g/mol. The van der Waals surface area contributed by atoms with Crippen LogP contribution in [-0.2, 0) is 9.53 Å². The first-order chi connectivity index (χ1) is 14.1. The van der Waals surface area contributed by atoms with Gasteiger partial charge in [-0.1, -0.05) is 38.8 Å². The Morgan fingerprint density at radius 2 is 1.86 bits per heavy atom. The Balaban J connectivity index is 1.95. The highest BCUT2D eigenvalue weighted by Crippen LogP contribution is 2.29. The van der Waals surface area contributed by atoms with Gasteiger partial charge in [-0.25, -0.2) is 9.97 Å². The normalized spacial score (nSPS) is 16.0. The van der Waals surface area contributed by atoms with E-state index in [9.17, 15) is 10.1 Å². The van der Waals surface area contributed by atoms with Crippen LogP contribution in [0.1, 0.15) is 51.1 Å². The van der Waals surface area contributed by atoms with E-state index in [0.717, 1.165) is 44.3 Å². The lowest BCUT2D eigenvalue weighted by molar-refractivity contribution is -0.145. The number of carbonyl (C=O) groups is 1. The molecular formula is C22H29N5O2. The van der Waals surface area contributed by atoms with Crippen LogP contribution in [0, 0.1) is 17.2 Å². The fourth-order valence-corrected chi connectivity index (χ4v) is 3.58. The van der Waals surface area contributed by atoms with Gasteiger partial charge in [0.1, 0.15) is 5.69 Å². The minimum absolute atomic E-state index is 0.167. The zero-order chi connectivity index (χ0) is 20.8. The number of carbonyl (C=O) groups excluding carboxylic acids is 1. The van der Waals surface area contributed by atoms with Crippen molar-refractivity contribution in [2.24, 2.45) is 11.7 Å². The highest BCUT2D eigenvalue weighted by molar-refractivity contribution is 5.85. The van der Waals surface area contributed by atoms with Crippen molar-refractivity contribution in [3.63, 3.8) is 0 Å². The zero-order valence-electron chi connectivity index (χ0n) is 17.2. The molecule has 0 aliphatic carbocycles. The number of nitriles is 1. The number of esters is 1. The number of aromatic nitrogens is 2. The number of piperidine rings is 1. The number of ether oxygens (including phenoxy) is 1. The van der Waals surface area contributed by atoms with Gasteiger partial charge in [0.25, 0.3) is 0 Å². The van der Waals surface area contributed by atoms with Gasteiger partial charge in [0.05, 0.1) is 23.7 Å². The van der Waals surface area contributed by atoms with Crippen LogP contribution in [0.2, 0.25) is 0 Å². The van der Waals surface area contributed by atoms with Crippen molar-refractivity contribution in [3.05, 3.63) is 30.0 Å². The Morgan fingerprint density at radius 3 is 2.45 bits per heavy atom. The number of benzene rings is 1. The summed E-state index contributed by atoms with van der Waals surface area (Å²) >= 11 is 0. The number of fused-ring (bicyclic) bond motifs is 1. The predicted molar refractivity (Wildman–Crippen MR) is 112 cm³/mol. The van der Waals surface area contributed by atoms with Gasteiger partial charge in [-0.2, -0.15) is 5.26 Å². The lowest BCUT2D eigenvalue weighted by atomic mass is 10.0. The molecule has 1 atom stereocenters. The molecule has 1 aliphatic rings. The molecule has 1 aromatic carbocycles. The van der Waals surface area contributed by atoms with Crippen LogP contribution in [0.4, 0.5) is 5.82 Å². The largest absolute Gasteiger partial charge is 0.464 e. The Bertz CT molecular complexity index is 882. The number of rotatable bonds is 7. The van der Waals surface area contributed by atoms with Crippen molar-refractivity contribution in [2.45, 2.75) is 51.5 Å². The maximum atomic E-state index is 12.8. The summed E-state index contributed by atoms with van der Waals surface area (Å²) in [6.45, 7) is 5.90. The van der Waals surface area contributed by atoms with Crippen molar-refractivity contribution >= 4 is 22.8 Å². The summed E-state index contributed by atoms with van der Waals surface area (Å²) in [5.74, 6) is -0.781. The lowest BCUT2D eigenvalue weighted by Crippen LogP contribution is -2.41. The highest BCUT2D eigenvalue weighted by Gasteiger charge is 2.31. The molecule has 29 heavy (non-hydrogen) atoms. The summed E-state index contributed by atoms with van der Waals surface area (Å²) in [7, 11) is 0. The molecule has 0 spiro atoms. The average Bonchev–Trinajstić information content (AvgIpc) is 2.75. The van der Waals surface area contributed by atoms with Gasteiger partial charge in [0, 0.05) is 19.1 Å². The number of para-hydroxylation sites is 2. The Labute approximate surface area is 171 Å². The first kappa shape index (κ1) is 21.0. The highest BCUT2D eigenvalue weighted by atomic mass is 16.5. The summed E-state index contributed by atoms with van der Waals surface area (Å²) < 4.78 is 5.50. The molecule has 154 valence electrons. The summed E-state index contributed by atoms with van der Waals surface area (Å²) in [5.41, 5.74) is 7.81. The Kier molecular flexibility index (Phi) is 6.99. The molecule has 7 nitrogen and oxygen atoms in total. The van der Waals surface area contributed by atoms with Gasteiger partial charge >= 0.3 is 5.97 Å². The van der Waals surface area contributed by atoms with Crippen molar-refractivity contribution in [2.75, 3.05) is 24.6 Å². The number of hydrogen-bond donors (Lipinski definition) is 1. The van der Waals surface area contributed by atoms with Gasteiger partial charge in [0.2, 0.25) is 0 Å². The van der Waals surface area contributed by atoms with E-state index in [2.05, 4.69) is 29.8 Å². The molecule has 0 saturated carbocycles. The zero-order valence-corrected chi connectivity index (χ0v) is 17.2. The fourth-order valence-electron chi connectivity index (χ4n) is 3.58. The van der Waals surface area contributed by atoms with E-state index in [1.54, 1.807) is 0 Å². The molecule has 1 aliphatic heterocycles. The fraction of sp³-hybridized carbons (Fsp3) is 0.545. The van der Waals surface area contributed by atoms with Crippen molar-refractivity contribution < 1.29 is 9.53 Å². The molecule has 2 aromatic rings. The SMILES string of the molecule is CCC(CC)COC(=O)C(C#N)c1nc2ccccc2nc1N1CCC(N)CC1. The van der Waals surface area contributed by atoms with Gasteiger partial charge in [-0.15, -0.1) is 0 Å². The number of anilines is 1. The minimum atomic E-state index is -1.10. The third kappa shape index (κ3) is 4.83. The van der Waals surface area contributed by atoms with E-state index in [-0.39, 0.29) is 6.04 Å². The molecule has 1 fully saturated rings. The van der Waals surface area contributed by atoms with Crippen LogP contribution in [0.15, 0.2) is 24.3 Å². The van der Waals surface area contributed by atoms with Crippen molar-refractivity contribution in [1.29, 1.82) is 5.26 Å². The van der Waals surface area contributed by atoms with Crippen molar-refractivity contribution in [3.8, 4) is 6.07 Å². The van der Waals surface area contributed by atoms with Gasteiger partial charge in [0.15, 0.2) is 11.7 Å². The number of hydrogen-bond acceptors (Lipinski definition) is 7. The van der Waals surface area contributed by atoms with E-state index < -0.39 is 11.9 Å². The summed E-state index contributed by atoms with van der Waals surface area (Å²) in [5, 5.41) is 9.81. The van der Waals surface area contributed by atoms with Crippen LogP contribution in [0.25, 0.3) is 11.0 Å². The van der Waals surface area contributed by atoms with Crippen LogP contribution in [-0.4, -0.2) is 41.7 Å². The standard InChI is InChI=1S/C22H29N5O2/c1-3-15(4-2)14-29-22(28)17(13-23)20-21(27-11-9-16(24)10-12-27)26-19-8-6-5-7-18(19)25-20/h5-8,15-17H,3-4,9-12,14,24H2,1-2H3. The second-order valence-corrected chi connectivity index (χ2v) is 7.62. The van der Waals surface area contributed by atoms with E-state index in [1.165, 1.54) is 0 Å². The number of nitrogens with zero attached hydrogens (tertiary/aromatic N) is 4. The van der Waals surface area contributed by atoms with E-state index in [1.807, 2.05) is 24.3 Å². The number of nitrogens with two attached hydrogens (primary N) is 1.